The summed E-state index contributed by atoms with van der Waals surface area (Å²) in [6.45, 7) is 4.22. The van der Waals surface area contributed by atoms with Crippen molar-refractivity contribution >= 4 is 29.9 Å². The summed E-state index contributed by atoms with van der Waals surface area (Å²) in [6, 6.07) is 14.0. The number of benzene rings is 1. The van der Waals surface area contributed by atoms with Crippen molar-refractivity contribution in [3.8, 4) is 5.88 Å². The summed E-state index contributed by atoms with van der Waals surface area (Å²) in [7, 11) is 1.77. The summed E-state index contributed by atoms with van der Waals surface area (Å²) in [5.41, 5.74) is 2.23. The van der Waals surface area contributed by atoms with E-state index in [1.54, 1.807) is 13.2 Å². The van der Waals surface area contributed by atoms with E-state index >= 15 is 0 Å². The first-order valence-corrected chi connectivity index (χ1v) is 7.88. The molecule has 0 aliphatic carbocycles. The Morgan fingerprint density at radius 1 is 1.12 bits per heavy atom. The maximum absolute atomic E-state index is 5.75. The maximum atomic E-state index is 5.75. The Kier molecular flexibility index (Phi) is 9.83. The summed E-state index contributed by atoms with van der Waals surface area (Å²) in [5.74, 6) is 1.43. The third kappa shape index (κ3) is 7.16. The molecule has 0 bridgehead atoms. The molecule has 0 aliphatic rings. The number of aliphatic imine (C=N–C) groups is 1. The minimum absolute atomic E-state index is 0. The highest BCUT2D eigenvalue weighted by atomic mass is 127. The average molecular weight is 440 g/mol. The van der Waals surface area contributed by atoms with Gasteiger partial charge in [-0.15, -0.1) is 24.0 Å². The van der Waals surface area contributed by atoms with Gasteiger partial charge in [0.25, 0.3) is 0 Å². The molecule has 0 fully saturated rings. The number of nitrogens with one attached hydrogen (secondary N) is 2. The molecular weight excluding hydrogens is 415 g/mol. The van der Waals surface area contributed by atoms with Crippen LogP contribution in [0.15, 0.2) is 53.7 Å². The number of nitrogens with zero attached hydrogens (tertiary/aromatic N) is 2. The minimum Gasteiger partial charge on any atom is -0.473 e. The molecule has 130 valence electrons. The smallest absolute Gasteiger partial charge is 0.213 e. The summed E-state index contributed by atoms with van der Waals surface area (Å²) >= 11 is 0. The first kappa shape index (κ1) is 20.2. The zero-order valence-electron chi connectivity index (χ0n) is 14.2. The van der Waals surface area contributed by atoms with Crippen LogP contribution in [-0.4, -0.2) is 24.5 Å². The molecule has 0 aliphatic heterocycles. The number of hydrogen-bond acceptors (Lipinski definition) is 3. The lowest BCUT2D eigenvalue weighted by atomic mass is 10.2. The summed E-state index contributed by atoms with van der Waals surface area (Å²) in [5, 5.41) is 6.52. The molecule has 24 heavy (non-hydrogen) atoms. The van der Waals surface area contributed by atoms with Crippen molar-refractivity contribution in [2.75, 3.05) is 13.6 Å². The molecule has 1 aromatic carbocycles. The van der Waals surface area contributed by atoms with Gasteiger partial charge in [-0.2, -0.15) is 0 Å². The Morgan fingerprint density at radius 2 is 1.92 bits per heavy atom. The largest absolute Gasteiger partial charge is 0.473 e. The summed E-state index contributed by atoms with van der Waals surface area (Å²) < 4.78 is 5.75. The van der Waals surface area contributed by atoms with Crippen LogP contribution in [0.25, 0.3) is 0 Å². The van der Waals surface area contributed by atoms with Crippen molar-refractivity contribution in [2.24, 2.45) is 4.99 Å². The molecule has 0 radical (unpaired) electrons. The van der Waals surface area contributed by atoms with Crippen molar-refractivity contribution in [1.82, 2.24) is 15.6 Å². The highest BCUT2D eigenvalue weighted by Gasteiger charge is 2.01. The molecule has 1 aromatic heterocycles. The second-order valence-corrected chi connectivity index (χ2v) is 5.13. The van der Waals surface area contributed by atoms with E-state index in [-0.39, 0.29) is 24.0 Å². The number of ether oxygens (including phenoxy) is 1. The maximum Gasteiger partial charge on any atom is 0.213 e. The number of pyridine rings is 1. The predicted molar refractivity (Wildman–Crippen MR) is 109 cm³/mol. The summed E-state index contributed by atoms with van der Waals surface area (Å²) in [4.78, 5) is 8.44. The van der Waals surface area contributed by atoms with E-state index in [2.05, 4.69) is 27.5 Å². The Labute approximate surface area is 161 Å². The van der Waals surface area contributed by atoms with Gasteiger partial charge >= 0.3 is 0 Å². The second-order valence-electron chi connectivity index (χ2n) is 5.13. The fourth-order valence-corrected chi connectivity index (χ4v) is 2.02. The van der Waals surface area contributed by atoms with Gasteiger partial charge in [0.15, 0.2) is 5.96 Å². The molecule has 0 spiro atoms. The van der Waals surface area contributed by atoms with Crippen LogP contribution >= 0.6 is 24.0 Å². The fourth-order valence-electron chi connectivity index (χ4n) is 2.02. The third-order valence-electron chi connectivity index (χ3n) is 3.25. The van der Waals surface area contributed by atoms with E-state index in [9.17, 15) is 0 Å². The van der Waals surface area contributed by atoms with Gasteiger partial charge in [-0.1, -0.05) is 37.3 Å². The van der Waals surface area contributed by atoms with Crippen LogP contribution < -0.4 is 15.4 Å². The topological polar surface area (TPSA) is 58.5 Å². The predicted octanol–water partition coefficient (Wildman–Crippen LogP) is 3.35. The van der Waals surface area contributed by atoms with Gasteiger partial charge in [-0.25, -0.2) is 4.98 Å². The molecule has 0 unspecified atom stereocenters. The number of hydrogen-bond donors (Lipinski definition) is 2. The lowest BCUT2D eigenvalue weighted by Crippen LogP contribution is -2.37. The zero-order chi connectivity index (χ0) is 16.3. The number of aromatic nitrogens is 1. The van der Waals surface area contributed by atoms with Crippen LogP contribution in [0.4, 0.5) is 0 Å². The molecule has 2 rings (SSSR count). The van der Waals surface area contributed by atoms with Gasteiger partial charge in [0.1, 0.15) is 6.61 Å². The van der Waals surface area contributed by atoms with Crippen LogP contribution in [0.3, 0.4) is 0 Å². The van der Waals surface area contributed by atoms with Crippen LogP contribution in [-0.2, 0) is 13.2 Å². The van der Waals surface area contributed by atoms with E-state index in [0.717, 1.165) is 30.1 Å². The van der Waals surface area contributed by atoms with E-state index in [1.807, 2.05) is 42.5 Å². The second kappa shape index (κ2) is 11.7. The molecule has 5 nitrogen and oxygen atoms in total. The Balaban J connectivity index is 0.00000288. The molecule has 0 saturated heterocycles. The molecule has 0 atom stereocenters. The van der Waals surface area contributed by atoms with Crippen molar-refractivity contribution in [3.63, 3.8) is 0 Å². The standard InChI is InChI=1S/C18H24N4O.HI/c1-3-10-21-18(19-2)22-13-16-9-11-20-17(12-16)23-14-15-7-5-4-6-8-15;/h4-9,11-12H,3,10,13-14H2,1-2H3,(H2,19,21,22);1H. The average Bonchev–Trinajstić information content (AvgIpc) is 2.61. The van der Waals surface area contributed by atoms with E-state index in [1.165, 1.54) is 0 Å². The van der Waals surface area contributed by atoms with Gasteiger partial charge in [0, 0.05) is 32.4 Å². The third-order valence-corrected chi connectivity index (χ3v) is 3.25. The van der Waals surface area contributed by atoms with Crippen molar-refractivity contribution in [2.45, 2.75) is 26.5 Å². The van der Waals surface area contributed by atoms with Crippen LogP contribution in [0.2, 0.25) is 0 Å². The summed E-state index contributed by atoms with van der Waals surface area (Å²) in [6.07, 6.45) is 2.83. The van der Waals surface area contributed by atoms with Gasteiger partial charge in [0.05, 0.1) is 0 Å². The van der Waals surface area contributed by atoms with E-state index < -0.39 is 0 Å². The molecular formula is C18H25IN4O. The van der Waals surface area contributed by atoms with Crippen LogP contribution in [0.1, 0.15) is 24.5 Å². The highest BCUT2D eigenvalue weighted by molar-refractivity contribution is 14.0. The van der Waals surface area contributed by atoms with Crippen molar-refractivity contribution < 1.29 is 4.74 Å². The molecule has 2 aromatic rings. The SMILES string of the molecule is CCCNC(=NC)NCc1ccnc(OCc2ccccc2)c1.I. The number of halogens is 1. The molecule has 6 heteroatoms. The van der Waals surface area contributed by atoms with E-state index in [4.69, 9.17) is 4.74 Å². The normalized spacial score (nSPS) is 10.7. The Morgan fingerprint density at radius 3 is 2.62 bits per heavy atom. The monoisotopic (exact) mass is 440 g/mol. The molecule has 0 amide bonds. The van der Waals surface area contributed by atoms with Crippen LogP contribution in [0, 0.1) is 0 Å². The Bertz CT molecular complexity index is 619. The molecule has 2 N–H and O–H groups in total. The number of guanidine groups is 1. The zero-order valence-corrected chi connectivity index (χ0v) is 16.5. The molecule has 1 heterocycles. The van der Waals surface area contributed by atoms with Crippen LogP contribution in [0.5, 0.6) is 5.88 Å². The highest BCUT2D eigenvalue weighted by Crippen LogP contribution is 2.11. The number of rotatable bonds is 7. The van der Waals surface area contributed by atoms with Crippen molar-refractivity contribution in [1.29, 1.82) is 0 Å². The lowest BCUT2D eigenvalue weighted by molar-refractivity contribution is 0.293. The molecule has 0 saturated carbocycles. The van der Waals surface area contributed by atoms with Gasteiger partial charge in [-0.3, -0.25) is 4.99 Å². The first-order valence-electron chi connectivity index (χ1n) is 7.88. The fraction of sp³-hybridized carbons (Fsp3) is 0.333. The van der Waals surface area contributed by atoms with Gasteiger partial charge in [-0.05, 0) is 23.6 Å². The minimum atomic E-state index is 0. The van der Waals surface area contributed by atoms with Gasteiger partial charge < -0.3 is 15.4 Å². The quantitative estimate of drug-likeness (QED) is 0.394. The van der Waals surface area contributed by atoms with Crippen molar-refractivity contribution in [3.05, 3.63) is 59.8 Å². The van der Waals surface area contributed by atoms with E-state index in [0.29, 0.717) is 19.0 Å². The van der Waals surface area contributed by atoms with Gasteiger partial charge in [0.2, 0.25) is 5.88 Å². The first-order chi connectivity index (χ1) is 11.3. The lowest BCUT2D eigenvalue weighted by Gasteiger charge is -2.12. The Hall–Kier alpha value is -1.83.